The third-order valence-electron chi connectivity index (χ3n) is 4.76. The quantitative estimate of drug-likeness (QED) is 0.328. The lowest BCUT2D eigenvalue weighted by atomic mass is 10.1. The number of nitrogens with one attached hydrogen (secondary N) is 2. The van der Waals surface area contributed by atoms with Crippen LogP contribution in [0.5, 0.6) is 0 Å². The smallest absolute Gasteiger partial charge is 0.290 e. The fourth-order valence-electron chi connectivity index (χ4n) is 3.08. The van der Waals surface area contributed by atoms with E-state index in [1.165, 1.54) is 12.3 Å². The van der Waals surface area contributed by atoms with E-state index in [0.29, 0.717) is 22.4 Å². The van der Waals surface area contributed by atoms with Crippen LogP contribution in [0.1, 0.15) is 16.7 Å². The number of nitriles is 1. The zero-order chi connectivity index (χ0) is 24.1. The highest BCUT2D eigenvalue weighted by Crippen LogP contribution is 2.29. The second-order valence-electron chi connectivity index (χ2n) is 7.04. The van der Waals surface area contributed by atoms with Crippen molar-refractivity contribution in [3.8, 4) is 28.6 Å². The SMILES string of the molecule is N#Cc1c(-c2ccccc2)nc(NN=Cc2ccc(-c3ccc(C(F)(F)F)cn3)cc2)[nH]c1=O. The maximum absolute atomic E-state index is 12.7. The van der Waals surface area contributed by atoms with Crippen molar-refractivity contribution in [2.75, 3.05) is 5.43 Å². The lowest BCUT2D eigenvalue weighted by Crippen LogP contribution is -2.16. The van der Waals surface area contributed by atoms with Crippen LogP contribution in [-0.4, -0.2) is 21.2 Å². The standard InChI is InChI=1S/C24H15F3N6O/c25-24(26,27)18-10-11-20(29-14-18)16-8-6-15(7-9-16)13-30-33-23-31-21(17-4-2-1-3-5-17)19(12-28)22(34)32-23/h1-11,13-14H,(H2,31,32,33,34). The Morgan fingerprint density at radius 2 is 1.74 bits per heavy atom. The summed E-state index contributed by atoms with van der Waals surface area (Å²) in [6.07, 6.45) is -2.16. The van der Waals surface area contributed by atoms with Crippen LogP contribution in [0, 0.1) is 11.3 Å². The molecule has 4 aromatic rings. The minimum Gasteiger partial charge on any atom is -0.290 e. The molecule has 0 saturated heterocycles. The summed E-state index contributed by atoms with van der Waals surface area (Å²) >= 11 is 0. The van der Waals surface area contributed by atoms with Gasteiger partial charge >= 0.3 is 6.18 Å². The van der Waals surface area contributed by atoms with Crippen LogP contribution in [0.2, 0.25) is 0 Å². The fourth-order valence-corrected chi connectivity index (χ4v) is 3.08. The second-order valence-corrected chi connectivity index (χ2v) is 7.04. The van der Waals surface area contributed by atoms with Crippen molar-refractivity contribution in [1.82, 2.24) is 15.0 Å². The summed E-state index contributed by atoms with van der Waals surface area (Å²) in [6, 6.07) is 19.8. The van der Waals surface area contributed by atoms with E-state index >= 15 is 0 Å². The van der Waals surface area contributed by atoms with Crippen LogP contribution >= 0.6 is 0 Å². The molecule has 0 radical (unpaired) electrons. The highest BCUT2D eigenvalue weighted by atomic mass is 19.4. The van der Waals surface area contributed by atoms with Gasteiger partial charge in [0.15, 0.2) is 0 Å². The average Bonchev–Trinajstić information content (AvgIpc) is 2.84. The molecule has 0 bridgehead atoms. The number of alkyl halides is 3. The normalized spacial score (nSPS) is 11.4. The van der Waals surface area contributed by atoms with Crippen molar-refractivity contribution in [3.05, 3.63) is 100.0 Å². The molecule has 0 aliphatic heterocycles. The number of pyridine rings is 1. The average molecular weight is 460 g/mol. The molecule has 2 heterocycles. The van der Waals surface area contributed by atoms with Crippen molar-refractivity contribution in [2.45, 2.75) is 6.18 Å². The van der Waals surface area contributed by atoms with Gasteiger partial charge in [0.1, 0.15) is 11.6 Å². The number of nitrogens with zero attached hydrogens (tertiary/aromatic N) is 4. The molecule has 4 rings (SSSR count). The summed E-state index contributed by atoms with van der Waals surface area (Å²) < 4.78 is 38.1. The summed E-state index contributed by atoms with van der Waals surface area (Å²) in [7, 11) is 0. The number of aromatic amines is 1. The fraction of sp³-hybridized carbons (Fsp3) is 0.0417. The monoisotopic (exact) mass is 460 g/mol. The Morgan fingerprint density at radius 3 is 2.35 bits per heavy atom. The molecule has 0 atom stereocenters. The van der Waals surface area contributed by atoms with Crippen LogP contribution in [0.25, 0.3) is 22.5 Å². The number of benzene rings is 2. The molecule has 2 aromatic carbocycles. The van der Waals surface area contributed by atoms with Gasteiger partial charge in [0.2, 0.25) is 5.95 Å². The molecular formula is C24H15F3N6O. The van der Waals surface area contributed by atoms with Gasteiger partial charge in [-0.3, -0.25) is 14.8 Å². The highest BCUT2D eigenvalue weighted by molar-refractivity contribution is 5.81. The first-order chi connectivity index (χ1) is 16.3. The Labute approximate surface area is 191 Å². The number of aromatic nitrogens is 3. The van der Waals surface area contributed by atoms with E-state index in [9.17, 15) is 23.2 Å². The van der Waals surface area contributed by atoms with Gasteiger partial charge in [-0.1, -0.05) is 54.6 Å². The number of hydrogen-bond acceptors (Lipinski definition) is 6. The van der Waals surface area contributed by atoms with E-state index in [2.05, 4.69) is 25.5 Å². The van der Waals surface area contributed by atoms with Crippen molar-refractivity contribution >= 4 is 12.2 Å². The Morgan fingerprint density at radius 1 is 1.00 bits per heavy atom. The van der Waals surface area contributed by atoms with E-state index in [4.69, 9.17) is 0 Å². The molecule has 2 aromatic heterocycles. The molecule has 0 fully saturated rings. The van der Waals surface area contributed by atoms with Gasteiger partial charge in [-0.05, 0) is 17.7 Å². The number of hydrazone groups is 1. The third kappa shape index (κ3) is 4.99. The first kappa shape index (κ1) is 22.4. The van der Waals surface area contributed by atoms with Crippen LogP contribution in [0.4, 0.5) is 19.1 Å². The lowest BCUT2D eigenvalue weighted by molar-refractivity contribution is -0.137. The molecule has 0 aliphatic carbocycles. The van der Waals surface area contributed by atoms with Crippen LogP contribution in [-0.2, 0) is 6.18 Å². The van der Waals surface area contributed by atoms with E-state index in [1.807, 2.05) is 12.1 Å². The Hall–Kier alpha value is -4.78. The number of halogens is 3. The summed E-state index contributed by atoms with van der Waals surface area (Å²) in [6.45, 7) is 0. The predicted octanol–water partition coefficient (Wildman–Crippen LogP) is 4.84. The molecule has 0 spiro atoms. The maximum atomic E-state index is 12.7. The largest absolute Gasteiger partial charge is 0.417 e. The molecule has 34 heavy (non-hydrogen) atoms. The van der Waals surface area contributed by atoms with Gasteiger partial charge in [0, 0.05) is 17.3 Å². The summed E-state index contributed by atoms with van der Waals surface area (Å²) in [5.74, 6) is 0.0599. The Balaban J connectivity index is 1.49. The van der Waals surface area contributed by atoms with Crippen LogP contribution in [0.3, 0.4) is 0 Å². The van der Waals surface area contributed by atoms with Gasteiger partial charge in [-0.15, -0.1) is 0 Å². The maximum Gasteiger partial charge on any atom is 0.417 e. The predicted molar refractivity (Wildman–Crippen MR) is 121 cm³/mol. The minimum absolute atomic E-state index is 0.0599. The lowest BCUT2D eigenvalue weighted by Gasteiger charge is -2.07. The zero-order valence-electron chi connectivity index (χ0n) is 17.3. The number of hydrogen-bond donors (Lipinski definition) is 2. The van der Waals surface area contributed by atoms with Gasteiger partial charge in [0.25, 0.3) is 5.56 Å². The molecule has 168 valence electrons. The molecule has 7 nitrogen and oxygen atoms in total. The van der Waals surface area contributed by atoms with Crippen molar-refractivity contribution < 1.29 is 13.2 Å². The summed E-state index contributed by atoms with van der Waals surface area (Å²) in [5, 5.41) is 13.4. The van der Waals surface area contributed by atoms with Gasteiger partial charge in [-0.25, -0.2) is 10.4 Å². The summed E-state index contributed by atoms with van der Waals surface area (Å²) in [4.78, 5) is 22.9. The van der Waals surface area contributed by atoms with E-state index in [-0.39, 0.29) is 17.2 Å². The molecule has 0 unspecified atom stereocenters. The third-order valence-corrected chi connectivity index (χ3v) is 4.76. The minimum atomic E-state index is -4.44. The Bertz CT molecular complexity index is 1420. The van der Waals surface area contributed by atoms with Crippen molar-refractivity contribution in [1.29, 1.82) is 5.26 Å². The molecular weight excluding hydrogens is 445 g/mol. The van der Waals surface area contributed by atoms with E-state index < -0.39 is 17.3 Å². The molecule has 10 heteroatoms. The molecule has 0 saturated carbocycles. The number of H-pyrrole nitrogens is 1. The Kier molecular flexibility index (Phi) is 6.18. The van der Waals surface area contributed by atoms with Crippen LogP contribution in [0.15, 0.2) is 82.8 Å². The molecule has 0 amide bonds. The van der Waals surface area contributed by atoms with Crippen molar-refractivity contribution in [2.24, 2.45) is 5.10 Å². The highest BCUT2D eigenvalue weighted by Gasteiger charge is 2.30. The first-order valence-corrected chi connectivity index (χ1v) is 9.88. The van der Waals surface area contributed by atoms with Gasteiger partial charge < -0.3 is 0 Å². The first-order valence-electron chi connectivity index (χ1n) is 9.88. The van der Waals surface area contributed by atoms with Gasteiger partial charge in [0.05, 0.1) is 23.2 Å². The van der Waals surface area contributed by atoms with Crippen molar-refractivity contribution in [3.63, 3.8) is 0 Å². The van der Waals surface area contributed by atoms with Crippen LogP contribution < -0.4 is 11.0 Å². The van der Waals surface area contributed by atoms with Gasteiger partial charge in [-0.2, -0.15) is 23.5 Å². The molecule has 0 aliphatic rings. The number of rotatable bonds is 5. The van der Waals surface area contributed by atoms with E-state index in [1.54, 1.807) is 48.5 Å². The zero-order valence-corrected chi connectivity index (χ0v) is 17.3. The topological polar surface area (TPSA) is 107 Å². The molecule has 2 N–H and O–H groups in total. The second kappa shape index (κ2) is 9.38. The van der Waals surface area contributed by atoms with E-state index in [0.717, 1.165) is 12.3 Å². The number of anilines is 1. The summed E-state index contributed by atoms with van der Waals surface area (Å²) in [5.41, 5.74) is 3.71.